The Morgan fingerprint density at radius 3 is 2.62 bits per heavy atom. The van der Waals surface area contributed by atoms with E-state index in [1.54, 1.807) is 42.7 Å². The van der Waals surface area contributed by atoms with Crippen molar-refractivity contribution in [3.8, 4) is 11.5 Å². The molecule has 0 unspecified atom stereocenters. The van der Waals surface area contributed by atoms with Gasteiger partial charge in [0.1, 0.15) is 18.1 Å². The Kier molecular flexibility index (Phi) is 9.38. The van der Waals surface area contributed by atoms with E-state index in [1.807, 2.05) is 24.3 Å². The van der Waals surface area contributed by atoms with Gasteiger partial charge in [-0.05, 0) is 48.9 Å². The maximum absolute atomic E-state index is 12.8. The molecule has 6 heteroatoms. The molecule has 32 heavy (non-hydrogen) atoms. The van der Waals surface area contributed by atoms with E-state index in [2.05, 4.69) is 17.2 Å². The number of hydrogen-bond donors (Lipinski definition) is 1. The lowest BCUT2D eigenvalue weighted by Crippen LogP contribution is -2.14. The fourth-order valence-electron chi connectivity index (χ4n) is 3.26. The summed E-state index contributed by atoms with van der Waals surface area (Å²) in [6, 6.07) is 16.2. The number of rotatable bonds is 12. The number of ether oxygens (including phenoxy) is 2. The number of para-hydroxylation sites is 1. The summed E-state index contributed by atoms with van der Waals surface area (Å²) < 4.78 is 12.0. The van der Waals surface area contributed by atoms with E-state index in [0.29, 0.717) is 28.6 Å². The molecule has 1 amide bonds. The quantitative estimate of drug-likeness (QED) is 0.303. The number of amides is 1. The summed E-state index contributed by atoms with van der Waals surface area (Å²) in [7, 11) is 0. The maximum atomic E-state index is 12.8. The number of pyridine rings is 1. The number of anilines is 1. The van der Waals surface area contributed by atoms with Crippen LogP contribution in [0.1, 0.15) is 54.9 Å². The van der Waals surface area contributed by atoms with Crippen molar-refractivity contribution in [2.24, 2.45) is 0 Å². The minimum atomic E-state index is -0.261. The van der Waals surface area contributed by atoms with Crippen LogP contribution in [0.4, 0.5) is 5.69 Å². The minimum Gasteiger partial charge on any atom is -0.493 e. The van der Waals surface area contributed by atoms with Crippen molar-refractivity contribution in [1.82, 2.24) is 4.98 Å². The molecular formula is C26H29ClN2O3. The van der Waals surface area contributed by atoms with Crippen molar-refractivity contribution in [1.29, 1.82) is 0 Å². The van der Waals surface area contributed by atoms with Gasteiger partial charge in [0, 0.05) is 16.8 Å². The van der Waals surface area contributed by atoms with Crippen LogP contribution in [0, 0.1) is 0 Å². The van der Waals surface area contributed by atoms with Gasteiger partial charge < -0.3 is 14.8 Å². The maximum Gasteiger partial charge on any atom is 0.259 e. The molecule has 2 aromatic carbocycles. The largest absolute Gasteiger partial charge is 0.493 e. The number of unbranched alkanes of at least 4 members (excludes halogenated alkanes) is 4. The highest BCUT2D eigenvalue weighted by Gasteiger charge is 2.14. The van der Waals surface area contributed by atoms with Gasteiger partial charge in [-0.15, -0.1) is 0 Å². The third kappa shape index (κ3) is 7.27. The first-order valence-corrected chi connectivity index (χ1v) is 11.4. The van der Waals surface area contributed by atoms with E-state index in [4.69, 9.17) is 21.1 Å². The highest BCUT2D eigenvalue weighted by Crippen LogP contribution is 2.27. The van der Waals surface area contributed by atoms with Crippen LogP contribution in [0.25, 0.3) is 0 Å². The van der Waals surface area contributed by atoms with Gasteiger partial charge in [0.15, 0.2) is 0 Å². The van der Waals surface area contributed by atoms with Crippen molar-refractivity contribution in [3.63, 3.8) is 0 Å². The van der Waals surface area contributed by atoms with Crippen molar-refractivity contribution in [2.75, 3.05) is 11.9 Å². The summed E-state index contributed by atoms with van der Waals surface area (Å²) in [5, 5.41) is 3.45. The molecule has 1 heterocycles. The van der Waals surface area contributed by atoms with Crippen LogP contribution in [0.5, 0.6) is 11.5 Å². The van der Waals surface area contributed by atoms with Gasteiger partial charge >= 0.3 is 0 Å². The van der Waals surface area contributed by atoms with E-state index in [0.717, 1.165) is 24.2 Å². The molecule has 0 saturated heterocycles. The van der Waals surface area contributed by atoms with Crippen molar-refractivity contribution >= 4 is 23.2 Å². The zero-order valence-corrected chi connectivity index (χ0v) is 19.1. The summed E-state index contributed by atoms with van der Waals surface area (Å²) in [6.07, 6.45) is 9.14. The summed E-state index contributed by atoms with van der Waals surface area (Å²) in [5.41, 5.74) is 1.90. The van der Waals surface area contributed by atoms with Gasteiger partial charge in [-0.1, -0.05) is 56.3 Å². The Hall–Kier alpha value is -3.05. The highest BCUT2D eigenvalue weighted by molar-refractivity contribution is 6.30. The molecule has 5 nitrogen and oxygen atoms in total. The van der Waals surface area contributed by atoms with Crippen LogP contribution in [-0.2, 0) is 6.61 Å². The van der Waals surface area contributed by atoms with Gasteiger partial charge in [-0.25, -0.2) is 0 Å². The average Bonchev–Trinajstić information content (AvgIpc) is 2.81. The van der Waals surface area contributed by atoms with Crippen LogP contribution in [-0.4, -0.2) is 17.5 Å². The average molecular weight is 453 g/mol. The van der Waals surface area contributed by atoms with Gasteiger partial charge in [0.25, 0.3) is 5.91 Å². The molecule has 0 fully saturated rings. The third-order valence-electron chi connectivity index (χ3n) is 4.96. The van der Waals surface area contributed by atoms with Crippen molar-refractivity contribution in [2.45, 2.75) is 45.6 Å². The van der Waals surface area contributed by atoms with E-state index in [1.165, 1.54) is 19.3 Å². The normalized spacial score (nSPS) is 10.6. The van der Waals surface area contributed by atoms with E-state index in [-0.39, 0.29) is 12.5 Å². The molecule has 0 bridgehead atoms. The summed E-state index contributed by atoms with van der Waals surface area (Å²) in [6.45, 7) is 3.10. The summed E-state index contributed by atoms with van der Waals surface area (Å²) in [5.74, 6) is 0.977. The SMILES string of the molecule is CCCCCCCOc1ccc(Cl)cc1COc1ccccc1C(=O)Nc1cccnc1. The van der Waals surface area contributed by atoms with Crippen molar-refractivity contribution < 1.29 is 14.3 Å². The van der Waals surface area contributed by atoms with Crippen LogP contribution in [0.2, 0.25) is 5.02 Å². The molecular weight excluding hydrogens is 424 g/mol. The van der Waals surface area contributed by atoms with E-state index < -0.39 is 0 Å². The van der Waals surface area contributed by atoms with E-state index >= 15 is 0 Å². The number of carbonyl (C=O) groups excluding carboxylic acids is 1. The summed E-state index contributed by atoms with van der Waals surface area (Å²) >= 11 is 6.21. The second-order valence-corrected chi connectivity index (χ2v) is 7.93. The molecule has 0 radical (unpaired) electrons. The smallest absolute Gasteiger partial charge is 0.259 e. The third-order valence-corrected chi connectivity index (χ3v) is 5.20. The van der Waals surface area contributed by atoms with Gasteiger partial charge in [-0.2, -0.15) is 0 Å². The molecule has 0 aliphatic heterocycles. The number of carbonyl (C=O) groups is 1. The standard InChI is InChI=1S/C26H29ClN2O3/c1-2-3-4-5-8-16-31-24-14-13-21(27)17-20(24)19-32-25-12-7-6-11-23(25)26(30)29-22-10-9-15-28-18-22/h6-7,9-15,17-18H,2-5,8,16,19H2,1H3,(H,29,30). The van der Waals surface area contributed by atoms with Crippen LogP contribution in [0.3, 0.4) is 0 Å². The van der Waals surface area contributed by atoms with Gasteiger partial charge in [0.05, 0.1) is 24.1 Å². The minimum absolute atomic E-state index is 0.239. The fraction of sp³-hybridized carbons (Fsp3) is 0.308. The van der Waals surface area contributed by atoms with Crippen molar-refractivity contribution in [3.05, 3.63) is 83.1 Å². The number of benzene rings is 2. The Labute approximate surface area is 194 Å². The first kappa shape index (κ1) is 23.6. The molecule has 3 aromatic rings. The molecule has 3 rings (SSSR count). The topological polar surface area (TPSA) is 60.5 Å². The monoisotopic (exact) mass is 452 g/mol. The number of halogens is 1. The van der Waals surface area contributed by atoms with E-state index in [9.17, 15) is 4.79 Å². The fourth-order valence-corrected chi connectivity index (χ4v) is 3.45. The predicted molar refractivity (Wildman–Crippen MR) is 129 cm³/mol. The molecule has 0 aliphatic carbocycles. The molecule has 1 aromatic heterocycles. The molecule has 168 valence electrons. The molecule has 0 spiro atoms. The summed E-state index contributed by atoms with van der Waals surface area (Å²) in [4.78, 5) is 16.8. The Balaban J connectivity index is 1.64. The number of hydrogen-bond acceptors (Lipinski definition) is 4. The molecule has 0 atom stereocenters. The van der Waals surface area contributed by atoms with Gasteiger partial charge in [-0.3, -0.25) is 9.78 Å². The molecule has 0 aliphatic rings. The first-order valence-electron chi connectivity index (χ1n) is 11.0. The van der Waals surface area contributed by atoms with Gasteiger partial charge in [0.2, 0.25) is 0 Å². The zero-order valence-electron chi connectivity index (χ0n) is 18.4. The second-order valence-electron chi connectivity index (χ2n) is 7.50. The zero-order chi connectivity index (χ0) is 22.6. The number of aromatic nitrogens is 1. The Bertz CT molecular complexity index is 995. The lowest BCUT2D eigenvalue weighted by Gasteiger charge is -2.15. The lowest BCUT2D eigenvalue weighted by molar-refractivity contribution is 0.102. The number of nitrogens with one attached hydrogen (secondary N) is 1. The van der Waals surface area contributed by atoms with Crippen LogP contribution >= 0.6 is 11.6 Å². The molecule has 0 saturated carbocycles. The second kappa shape index (κ2) is 12.7. The Morgan fingerprint density at radius 1 is 0.969 bits per heavy atom. The number of nitrogens with zero attached hydrogens (tertiary/aromatic N) is 1. The highest BCUT2D eigenvalue weighted by atomic mass is 35.5. The lowest BCUT2D eigenvalue weighted by atomic mass is 10.1. The van der Waals surface area contributed by atoms with Crippen LogP contribution < -0.4 is 14.8 Å². The first-order chi connectivity index (χ1) is 15.7. The van der Waals surface area contributed by atoms with Crippen LogP contribution in [0.15, 0.2) is 67.0 Å². The Morgan fingerprint density at radius 2 is 1.81 bits per heavy atom. The molecule has 1 N–H and O–H groups in total. The predicted octanol–water partition coefficient (Wildman–Crippen LogP) is 6.92.